The molecule has 0 aliphatic rings. The summed E-state index contributed by atoms with van der Waals surface area (Å²) >= 11 is 16.9. The molecule has 2 unspecified atom stereocenters. The van der Waals surface area contributed by atoms with Gasteiger partial charge in [0.25, 0.3) is 11.8 Å². The first-order chi connectivity index (χ1) is 14.7. The highest BCUT2D eigenvalue weighted by Gasteiger charge is 2.17. The van der Waals surface area contributed by atoms with Crippen molar-refractivity contribution in [2.45, 2.75) is 39.4 Å². The van der Waals surface area contributed by atoms with Gasteiger partial charge in [-0.1, -0.05) is 36.2 Å². The molecule has 0 spiro atoms. The first-order valence-electron chi connectivity index (χ1n) is 9.49. The minimum Gasteiger partial charge on any atom is -0.491 e. The standard InChI is InChI=1S/C21H23Cl2N3O4S/c1-4-12(2)29-16-7-5-6-14(10-16)20(28)24-21(31)26-25-19(27)13(3)30-18-9-8-15(22)11-17(18)23/h5-13H,4H2,1-3H3,(H,25,27)(H2,24,26,28,31). The quantitative estimate of drug-likeness (QED) is 0.402. The van der Waals surface area contributed by atoms with Crippen LogP contribution in [0.1, 0.15) is 37.6 Å². The minimum absolute atomic E-state index is 0.0308. The monoisotopic (exact) mass is 483 g/mol. The van der Waals surface area contributed by atoms with Crippen LogP contribution in [0.5, 0.6) is 11.5 Å². The zero-order valence-corrected chi connectivity index (χ0v) is 19.5. The van der Waals surface area contributed by atoms with E-state index in [1.165, 1.54) is 13.0 Å². The van der Waals surface area contributed by atoms with Crippen LogP contribution >= 0.6 is 35.4 Å². The second kappa shape index (κ2) is 11.7. The average molecular weight is 484 g/mol. The Morgan fingerprint density at radius 1 is 1.06 bits per heavy atom. The van der Waals surface area contributed by atoms with Crippen LogP contribution in [0.2, 0.25) is 10.0 Å². The number of amides is 2. The molecule has 0 aliphatic heterocycles. The van der Waals surface area contributed by atoms with Crippen LogP contribution in [0.4, 0.5) is 0 Å². The van der Waals surface area contributed by atoms with E-state index in [1.54, 1.807) is 36.4 Å². The molecule has 7 nitrogen and oxygen atoms in total. The zero-order valence-electron chi connectivity index (χ0n) is 17.2. The number of hydrogen-bond acceptors (Lipinski definition) is 5. The van der Waals surface area contributed by atoms with E-state index < -0.39 is 17.9 Å². The Kier molecular flexibility index (Phi) is 9.36. The van der Waals surface area contributed by atoms with Crippen LogP contribution in [0, 0.1) is 0 Å². The Morgan fingerprint density at radius 2 is 1.81 bits per heavy atom. The maximum absolute atomic E-state index is 12.4. The number of ether oxygens (including phenoxy) is 2. The fraction of sp³-hybridized carbons (Fsp3) is 0.286. The van der Waals surface area contributed by atoms with Crippen molar-refractivity contribution < 1.29 is 19.1 Å². The lowest BCUT2D eigenvalue weighted by Crippen LogP contribution is -2.51. The molecule has 0 aromatic heterocycles. The number of hydrazine groups is 1. The molecule has 0 fully saturated rings. The number of thiocarbonyl (C=S) groups is 1. The molecule has 0 saturated heterocycles. The number of carbonyl (C=O) groups is 2. The third-order valence-corrected chi connectivity index (χ3v) is 4.84. The van der Waals surface area contributed by atoms with Crippen molar-refractivity contribution in [3.8, 4) is 11.5 Å². The van der Waals surface area contributed by atoms with Gasteiger partial charge in [0, 0.05) is 10.6 Å². The molecule has 2 aromatic rings. The Labute approximate surface area is 196 Å². The normalized spacial score (nSPS) is 12.3. The molecule has 0 aliphatic carbocycles. The zero-order chi connectivity index (χ0) is 23.0. The Morgan fingerprint density at radius 3 is 2.48 bits per heavy atom. The predicted molar refractivity (Wildman–Crippen MR) is 125 cm³/mol. The maximum atomic E-state index is 12.4. The third kappa shape index (κ3) is 7.90. The van der Waals surface area contributed by atoms with Gasteiger partial charge in [-0.25, -0.2) is 0 Å². The van der Waals surface area contributed by atoms with Gasteiger partial charge in [-0.15, -0.1) is 0 Å². The van der Waals surface area contributed by atoms with Crippen molar-refractivity contribution in [2.24, 2.45) is 0 Å². The molecule has 2 amide bonds. The molecule has 3 N–H and O–H groups in total. The fourth-order valence-corrected chi connectivity index (χ4v) is 2.86. The van der Waals surface area contributed by atoms with Crippen LogP contribution in [-0.2, 0) is 4.79 Å². The van der Waals surface area contributed by atoms with Gasteiger partial charge in [0.05, 0.1) is 11.1 Å². The van der Waals surface area contributed by atoms with Gasteiger partial charge in [0.1, 0.15) is 11.5 Å². The highest BCUT2D eigenvalue weighted by molar-refractivity contribution is 7.80. The van der Waals surface area contributed by atoms with Crippen molar-refractivity contribution in [1.82, 2.24) is 16.2 Å². The van der Waals surface area contributed by atoms with Gasteiger partial charge in [0.15, 0.2) is 11.2 Å². The summed E-state index contributed by atoms with van der Waals surface area (Å²) in [5.41, 5.74) is 5.20. The van der Waals surface area contributed by atoms with Crippen molar-refractivity contribution in [1.29, 1.82) is 0 Å². The molecule has 31 heavy (non-hydrogen) atoms. The second-order valence-corrected chi connectivity index (χ2v) is 7.85. The lowest BCUT2D eigenvalue weighted by atomic mass is 10.2. The average Bonchev–Trinajstić information content (AvgIpc) is 2.73. The van der Waals surface area contributed by atoms with Crippen LogP contribution in [0.15, 0.2) is 42.5 Å². The molecular weight excluding hydrogens is 461 g/mol. The summed E-state index contributed by atoms with van der Waals surface area (Å²) in [5, 5.41) is 3.14. The molecule has 2 atom stereocenters. The van der Waals surface area contributed by atoms with Gasteiger partial charge in [-0.05, 0) is 68.9 Å². The third-order valence-electron chi connectivity index (χ3n) is 4.10. The summed E-state index contributed by atoms with van der Waals surface area (Å²) in [7, 11) is 0. The first-order valence-corrected chi connectivity index (χ1v) is 10.7. The lowest BCUT2D eigenvalue weighted by molar-refractivity contribution is -0.127. The van der Waals surface area contributed by atoms with Crippen LogP contribution in [-0.4, -0.2) is 29.1 Å². The molecular formula is C21H23Cl2N3O4S. The molecule has 0 radical (unpaired) electrons. The van der Waals surface area contributed by atoms with E-state index in [0.29, 0.717) is 22.1 Å². The lowest BCUT2D eigenvalue weighted by Gasteiger charge is -2.17. The van der Waals surface area contributed by atoms with Crippen molar-refractivity contribution in [3.63, 3.8) is 0 Å². The molecule has 166 valence electrons. The van der Waals surface area contributed by atoms with Crippen LogP contribution < -0.4 is 25.6 Å². The molecule has 2 aromatic carbocycles. The van der Waals surface area contributed by atoms with Crippen molar-refractivity contribution in [2.75, 3.05) is 0 Å². The Balaban J connectivity index is 1.84. The molecule has 2 rings (SSSR count). The van der Waals surface area contributed by atoms with E-state index >= 15 is 0 Å². The summed E-state index contributed by atoms with van der Waals surface area (Å²) < 4.78 is 11.2. The fourth-order valence-electron chi connectivity index (χ4n) is 2.27. The highest BCUT2D eigenvalue weighted by atomic mass is 35.5. The minimum atomic E-state index is -0.890. The molecule has 10 heteroatoms. The van der Waals surface area contributed by atoms with Gasteiger partial charge < -0.3 is 9.47 Å². The largest absolute Gasteiger partial charge is 0.491 e. The highest BCUT2D eigenvalue weighted by Crippen LogP contribution is 2.28. The number of hydrogen-bond donors (Lipinski definition) is 3. The van der Waals surface area contributed by atoms with Crippen molar-refractivity contribution >= 4 is 52.3 Å². The van der Waals surface area contributed by atoms with Gasteiger partial charge >= 0.3 is 0 Å². The van der Waals surface area contributed by atoms with E-state index in [4.69, 9.17) is 44.9 Å². The van der Waals surface area contributed by atoms with Gasteiger partial charge in [-0.3, -0.25) is 25.8 Å². The summed E-state index contributed by atoms with van der Waals surface area (Å²) in [4.78, 5) is 24.6. The second-order valence-electron chi connectivity index (χ2n) is 6.60. The summed E-state index contributed by atoms with van der Waals surface area (Å²) in [5.74, 6) is -0.0738. The summed E-state index contributed by atoms with van der Waals surface area (Å²) in [6.45, 7) is 5.49. The number of carbonyl (C=O) groups excluding carboxylic acids is 2. The summed E-state index contributed by atoms with van der Waals surface area (Å²) in [6, 6.07) is 11.4. The number of rotatable bonds is 7. The molecule has 0 bridgehead atoms. The van der Waals surface area contributed by atoms with E-state index in [9.17, 15) is 9.59 Å². The first kappa shape index (κ1) is 24.7. The predicted octanol–water partition coefficient (Wildman–Crippen LogP) is 4.27. The number of benzene rings is 2. The van der Waals surface area contributed by atoms with E-state index in [-0.39, 0.29) is 16.2 Å². The number of halogens is 2. The van der Waals surface area contributed by atoms with Crippen molar-refractivity contribution in [3.05, 3.63) is 58.1 Å². The Bertz CT molecular complexity index is 958. The summed E-state index contributed by atoms with van der Waals surface area (Å²) in [6.07, 6.45) is -0.0153. The number of nitrogens with one attached hydrogen (secondary N) is 3. The van der Waals surface area contributed by atoms with E-state index in [1.807, 2.05) is 13.8 Å². The van der Waals surface area contributed by atoms with E-state index in [2.05, 4.69) is 16.2 Å². The SMILES string of the molecule is CCC(C)Oc1cccc(C(=O)NC(=S)NNC(=O)C(C)Oc2ccc(Cl)cc2Cl)c1. The topological polar surface area (TPSA) is 88.7 Å². The molecule has 0 saturated carbocycles. The maximum Gasteiger partial charge on any atom is 0.279 e. The smallest absolute Gasteiger partial charge is 0.279 e. The van der Waals surface area contributed by atoms with Gasteiger partial charge in [0.2, 0.25) is 0 Å². The molecule has 0 heterocycles. The van der Waals surface area contributed by atoms with E-state index in [0.717, 1.165) is 6.42 Å². The van der Waals surface area contributed by atoms with Crippen LogP contribution in [0.3, 0.4) is 0 Å². The van der Waals surface area contributed by atoms with Gasteiger partial charge in [-0.2, -0.15) is 0 Å². The van der Waals surface area contributed by atoms with Crippen LogP contribution in [0.25, 0.3) is 0 Å². The Hall–Kier alpha value is -2.55.